The molecule has 7 nitrogen and oxygen atoms in total. The molecule has 2 heterocycles. The predicted octanol–water partition coefficient (Wildman–Crippen LogP) is 3.11. The molecule has 1 N–H and O–H groups in total. The Labute approximate surface area is 190 Å². The minimum atomic E-state index is -3.71. The second-order valence-corrected chi connectivity index (χ2v) is 10.4. The number of methoxy groups -OCH3 is 1. The number of ether oxygens (including phenoxy) is 1. The van der Waals surface area contributed by atoms with Crippen molar-refractivity contribution in [3.8, 4) is 5.75 Å². The average molecular weight is 458 g/mol. The molecule has 0 bridgehead atoms. The summed E-state index contributed by atoms with van der Waals surface area (Å²) in [6.45, 7) is 5.63. The van der Waals surface area contributed by atoms with E-state index in [0.717, 1.165) is 48.5 Å². The maximum atomic E-state index is 13.2. The van der Waals surface area contributed by atoms with Crippen molar-refractivity contribution in [2.24, 2.45) is 0 Å². The number of nitrogens with zero attached hydrogens (tertiary/aromatic N) is 2. The normalized spacial score (nSPS) is 19.7. The fraction of sp³-hybridized carbons (Fsp3) is 0.458. The number of carbonyl (C=O) groups is 1. The molecule has 0 aliphatic carbocycles. The highest BCUT2D eigenvalue weighted by Gasteiger charge is 2.31. The first-order valence-corrected chi connectivity index (χ1v) is 12.6. The average Bonchev–Trinajstić information content (AvgIpc) is 3.40. The minimum Gasteiger partial charge on any atom is -0.496 e. The zero-order valence-corrected chi connectivity index (χ0v) is 19.7. The van der Waals surface area contributed by atoms with Gasteiger partial charge in [-0.3, -0.25) is 9.69 Å². The Balaban J connectivity index is 1.57. The molecule has 2 aliphatic heterocycles. The number of fused-ring (bicyclic) bond motifs is 1. The lowest BCUT2D eigenvalue weighted by Crippen LogP contribution is -2.37. The summed E-state index contributed by atoms with van der Waals surface area (Å²) in [5.41, 5.74) is 2.67. The number of para-hydroxylation sites is 1. The van der Waals surface area contributed by atoms with E-state index in [4.69, 9.17) is 4.74 Å². The molecule has 0 aromatic heterocycles. The maximum absolute atomic E-state index is 13.2. The molecule has 172 valence electrons. The van der Waals surface area contributed by atoms with Gasteiger partial charge in [-0.1, -0.05) is 18.2 Å². The second kappa shape index (κ2) is 9.21. The molecule has 8 heteroatoms. The van der Waals surface area contributed by atoms with Crippen LogP contribution in [0, 0.1) is 0 Å². The standard InChI is InChI=1S/C24H31N3O4S/c1-17-14-19-15-20(10-11-22(19)27(17)18(2)28)32(29,30)25-16-23(26-12-6-7-13-26)21-8-4-5-9-24(21)31-3/h4-5,8-11,15,17,23,25H,6-7,12-14,16H2,1-3H3/t17-,23-/m0/s1. The van der Waals surface area contributed by atoms with Gasteiger partial charge in [0.1, 0.15) is 5.75 Å². The van der Waals surface area contributed by atoms with Crippen molar-refractivity contribution in [1.82, 2.24) is 9.62 Å². The maximum Gasteiger partial charge on any atom is 0.240 e. The van der Waals surface area contributed by atoms with Crippen molar-refractivity contribution in [3.63, 3.8) is 0 Å². The number of carbonyl (C=O) groups excluding carboxylic acids is 1. The molecule has 2 atom stereocenters. The van der Waals surface area contributed by atoms with Crippen LogP contribution in [0.3, 0.4) is 0 Å². The summed E-state index contributed by atoms with van der Waals surface area (Å²) in [6.07, 6.45) is 2.86. The molecular weight excluding hydrogens is 426 g/mol. The molecule has 1 amide bonds. The van der Waals surface area contributed by atoms with Crippen LogP contribution in [0.4, 0.5) is 5.69 Å². The lowest BCUT2D eigenvalue weighted by atomic mass is 10.0. The SMILES string of the molecule is COc1ccccc1[C@H](CNS(=O)(=O)c1ccc2c(c1)C[C@H](C)N2C(C)=O)N1CCCC1. The highest BCUT2D eigenvalue weighted by atomic mass is 32.2. The summed E-state index contributed by atoms with van der Waals surface area (Å²) in [7, 11) is -2.07. The van der Waals surface area contributed by atoms with Crippen LogP contribution in [0.25, 0.3) is 0 Å². The number of likely N-dealkylation sites (tertiary alicyclic amines) is 1. The first-order chi connectivity index (χ1) is 15.3. The molecule has 1 saturated heterocycles. The monoisotopic (exact) mass is 457 g/mol. The van der Waals surface area contributed by atoms with Gasteiger partial charge in [0, 0.05) is 30.8 Å². The van der Waals surface area contributed by atoms with Crippen molar-refractivity contribution in [3.05, 3.63) is 53.6 Å². The van der Waals surface area contributed by atoms with Gasteiger partial charge >= 0.3 is 0 Å². The van der Waals surface area contributed by atoms with Crippen molar-refractivity contribution in [2.45, 2.75) is 50.1 Å². The molecule has 0 saturated carbocycles. The van der Waals surface area contributed by atoms with Crippen LogP contribution in [-0.2, 0) is 21.2 Å². The Kier molecular flexibility index (Phi) is 6.55. The summed E-state index contributed by atoms with van der Waals surface area (Å²) < 4.78 is 34.8. The first-order valence-electron chi connectivity index (χ1n) is 11.1. The van der Waals surface area contributed by atoms with E-state index < -0.39 is 10.0 Å². The molecule has 0 unspecified atom stereocenters. The van der Waals surface area contributed by atoms with Gasteiger partial charge in [-0.05, 0) is 69.1 Å². The third kappa shape index (κ3) is 4.40. The Bertz CT molecular complexity index is 1100. The Morgan fingerprint density at radius 1 is 1.19 bits per heavy atom. The number of amides is 1. The number of benzene rings is 2. The van der Waals surface area contributed by atoms with E-state index in [1.807, 2.05) is 31.2 Å². The summed E-state index contributed by atoms with van der Waals surface area (Å²) in [4.78, 5) is 16.2. The van der Waals surface area contributed by atoms with Crippen LogP contribution in [-0.4, -0.2) is 52.0 Å². The molecule has 4 rings (SSSR count). The molecule has 0 radical (unpaired) electrons. The van der Waals surface area contributed by atoms with Gasteiger partial charge in [0.2, 0.25) is 15.9 Å². The molecular formula is C24H31N3O4S. The van der Waals surface area contributed by atoms with Crippen molar-refractivity contribution in [1.29, 1.82) is 0 Å². The van der Waals surface area contributed by atoms with Gasteiger partial charge in [0.15, 0.2) is 0 Å². The van der Waals surface area contributed by atoms with E-state index in [1.165, 1.54) is 6.92 Å². The third-order valence-electron chi connectivity index (χ3n) is 6.46. The smallest absolute Gasteiger partial charge is 0.240 e. The van der Waals surface area contributed by atoms with Crippen LogP contribution in [0.2, 0.25) is 0 Å². The van der Waals surface area contributed by atoms with E-state index in [0.29, 0.717) is 6.42 Å². The third-order valence-corrected chi connectivity index (χ3v) is 7.88. The Hall–Kier alpha value is -2.42. The summed E-state index contributed by atoms with van der Waals surface area (Å²) in [6, 6.07) is 12.7. The fourth-order valence-electron chi connectivity index (χ4n) is 4.96. The highest BCUT2D eigenvalue weighted by molar-refractivity contribution is 7.89. The van der Waals surface area contributed by atoms with E-state index in [2.05, 4.69) is 9.62 Å². The number of hydrogen-bond acceptors (Lipinski definition) is 5. The van der Waals surface area contributed by atoms with Crippen LogP contribution in [0.1, 0.15) is 43.9 Å². The van der Waals surface area contributed by atoms with Gasteiger partial charge in [-0.2, -0.15) is 0 Å². The molecule has 2 aliphatic rings. The van der Waals surface area contributed by atoms with Gasteiger partial charge in [-0.25, -0.2) is 13.1 Å². The van der Waals surface area contributed by atoms with E-state index >= 15 is 0 Å². The van der Waals surface area contributed by atoms with Crippen molar-refractivity contribution < 1.29 is 17.9 Å². The second-order valence-electron chi connectivity index (χ2n) is 8.59. The number of nitrogens with one attached hydrogen (secondary N) is 1. The predicted molar refractivity (Wildman–Crippen MR) is 124 cm³/mol. The summed E-state index contributed by atoms with van der Waals surface area (Å²) in [5.74, 6) is 0.731. The van der Waals surface area contributed by atoms with Crippen molar-refractivity contribution >= 4 is 21.6 Å². The van der Waals surface area contributed by atoms with Gasteiger partial charge < -0.3 is 9.64 Å². The molecule has 32 heavy (non-hydrogen) atoms. The fourth-order valence-corrected chi connectivity index (χ4v) is 6.05. The number of hydrogen-bond donors (Lipinski definition) is 1. The highest BCUT2D eigenvalue weighted by Crippen LogP contribution is 2.35. The topological polar surface area (TPSA) is 79.0 Å². The number of rotatable bonds is 7. The van der Waals surface area contributed by atoms with Gasteiger partial charge in [0.25, 0.3) is 0 Å². The van der Waals surface area contributed by atoms with E-state index in [-0.39, 0.29) is 29.4 Å². The van der Waals surface area contributed by atoms with Crippen LogP contribution in [0.15, 0.2) is 47.4 Å². The summed E-state index contributed by atoms with van der Waals surface area (Å²) >= 11 is 0. The van der Waals surface area contributed by atoms with Gasteiger partial charge in [0.05, 0.1) is 18.0 Å². The quantitative estimate of drug-likeness (QED) is 0.691. The van der Waals surface area contributed by atoms with Gasteiger partial charge in [-0.15, -0.1) is 0 Å². The lowest BCUT2D eigenvalue weighted by molar-refractivity contribution is -0.116. The van der Waals surface area contributed by atoms with E-state index in [9.17, 15) is 13.2 Å². The lowest BCUT2D eigenvalue weighted by Gasteiger charge is -2.29. The minimum absolute atomic E-state index is 0.0264. The number of sulfonamides is 1. The summed E-state index contributed by atoms with van der Waals surface area (Å²) in [5, 5.41) is 0. The number of anilines is 1. The largest absolute Gasteiger partial charge is 0.496 e. The van der Waals surface area contributed by atoms with Crippen LogP contribution >= 0.6 is 0 Å². The van der Waals surface area contributed by atoms with Crippen LogP contribution in [0.5, 0.6) is 5.75 Å². The molecule has 2 aromatic rings. The van der Waals surface area contributed by atoms with E-state index in [1.54, 1.807) is 30.2 Å². The molecule has 2 aromatic carbocycles. The zero-order valence-electron chi connectivity index (χ0n) is 18.9. The Morgan fingerprint density at radius 3 is 2.59 bits per heavy atom. The molecule has 0 spiro atoms. The molecule has 1 fully saturated rings. The van der Waals surface area contributed by atoms with Crippen molar-refractivity contribution in [2.75, 3.05) is 31.6 Å². The van der Waals surface area contributed by atoms with Crippen LogP contribution < -0.4 is 14.4 Å². The first kappa shape index (κ1) is 22.8. The zero-order chi connectivity index (χ0) is 22.9. The Morgan fingerprint density at radius 2 is 1.91 bits per heavy atom.